The van der Waals surface area contributed by atoms with Gasteiger partial charge in [-0.3, -0.25) is 0 Å². The number of rotatable bonds is 9. The lowest BCUT2D eigenvalue weighted by Crippen LogP contribution is -2.48. The Morgan fingerprint density at radius 3 is 2.67 bits per heavy atom. The van der Waals surface area contributed by atoms with Crippen molar-refractivity contribution in [3.63, 3.8) is 0 Å². The second-order valence-corrected chi connectivity index (χ2v) is 7.74. The highest BCUT2D eigenvalue weighted by Crippen LogP contribution is 2.38. The number of unbranched alkanes of at least 4 members (excludes halogenated alkanes) is 3. The van der Waals surface area contributed by atoms with Gasteiger partial charge in [0, 0.05) is 18.7 Å². The van der Waals surface area contributed by atoms with Crippen molar-refractivity contribution in [2.24, 2.45) is 11.7 Å². The van der Waals surface area contributed by atoms with Crippen LogP contribution in [-0.4, -0.2) is 38.1 Å². The molecule has 1 heterocycles. The molecule has 0 aromatic carbocycles. The van der Waals surface area contributed by atoms with Gasteiger partial charge < -0.3 is 15.4 Å². The van der Waals surface area contributed by atoms with Crippen LogP contribution in [0.3, 0.4) is 0 Å². The van der Waals surface area contributed by atoms with E-state index >= 15 is 0 Å². The third kappa shape index (κ3) is 4.88. The summed E-state index contributed by atoms with van der Waals surface area (Å²) < 4.78 is 6.38. The first-order valence-corrected chi connectivity index (χ1v) is 9.40. The number of hydrogen-bond acceptors (Lipinski definition) is 4. The van der Waals surface area contributed by atoms with Crippen LogP contribution in [0.15, 0.2) is 23.4 Å². The van der Waals surface area contributed by atoms with Crippen LogP contribution in [0.4, 0.5) is 0 Å². The Morgan fingerprint density at radius 1 is 1.38 bits per heavy atom. The fraction of sp³-hybridized carbons (Fsp3) is 0.737. The molecule has 0 spiro atoms. The first-order valence-electron chi connectivity index (χ1n) is 9.40. The lowest BCUT2D eigenvalue weighted by molar-refractivity contribution is -0.108. The Morgan fingerprint density at radius 2 is 2.08 bits per heavy atom. The van der Waals surface area contributed by atoms with E-state index in [-0.39, 0.29) is 11.7 Å². The molecule has 0 aromatic heterocycles. The standard InChI is InChI=1S/C19H32BN3O/c1-19(20,17-9-7-10-17)24-18-16(13-22)12-15(14-23(18)2)8-5-3-4-6-11-21/h12,14,17-18H,3-11,20-21H2,1-2H3. The number of nitriles is 1. The summed E-state index contributed by atoms with van der Waals surface area (Å²) in [7, 11) is 4.18. The summed E-state index contributed by atoms with van der Waals surface area (Å²) in [6, 6.07) is 2.36. The summed E-state index contributed by atoms with van der Waals surface area (Å²) in [4.78, 5) is 2.06. The Bertz CT molecular complexity index is 517. The van der Waals surface area contributed by atoms with E-state index in [0.29, 0.717) is 5.92 Å². The van der Waals surface area contributed by atoms with Crippen LogP contribution in [0.2, 0.25) is 0 Å². The fourth-order valence-electron chi connectivity index (χ4n) is 3.54. The van der Waals surface area contributed by atoms with E-state index in [9.17, 15) is 5.26 Å². The molecule has 1 aliphatic heterocycles. The van der Waals surface area contributed by atoms with Crippen molar-refractivity contribution in [1.29, 1.82) is 5.26 Å². The smallest absolute Gasteiger partial charge is 0.165 e. The number of likely N-dealkylation sites (N-methyl/N-ethyl adjacent to an activating group) is 1. The minimum Gasteiger partial charge on any atom is -0.356 e. The predicted octanol–water partition coefficient (Wildman–Crippen LogP) is 2.67. The van der Waals surface area contributed by atoms with Crippen molar-refractivity contribution in [2.75, 3.05) is 13.6 Å². The van der Waals surface area contributed by atoms with Crippen LogP contribution in [0, 0.1) is 17.2 Å². The summed E-state index contributed by atoms with van der Waals surface area (Å²) in [5, 5.41) is 9.58. The average molecular weight is 329 g/mol. The highest BCUT2D eigenvalue weighted by atomic mass is 16.5. The zero-order valence-electron chi connectivity index (χ0n) is 15.6. The first kappa shape index (κ1) is 19.1. The van der Waals surface area contributed by atoms with Gasteiger partial charge in [-0.05, 0) is 63.1 Å². The number of nitrogens with zero attached hydrogens (tertiary/aromatic N) is 2. The molecule has 24 heavy (non-hydrogen) atoms. The van der Waals surface area contributed by atoms with Crippen LogP contribution in [-0.2, 0) is 4.74 Å². The Labute approximate surface area is 148 Å². The molecule has 2 rings (SSSR count). The zero-order chi connectivity index (χ0) is 17.6. The van der Waals surface area contributed by atoms with E-state index in [1.807, 2.05) is 13.1 Å². The summed E-state index contributed by atoms with van der Waals surface area (Å²) in [6.07, 6.45) is 13.3. The monoisotopic (exact) mass is 329 g/mol. The lowest BCUT2D eigenvalue weighted by atomic mass is 9.64. The van der Waals surface area contributed by atoms with E-state index in [0.717, 1.165) is 31.4 Å². The van der Waals surface area contributed by atoms with Crippen LogP contribution in [0.25, 0.3) is 0 Å². The highest BCUT2D eigenvalue weighted by Gasteiger charge is 2.38. The van der Waals surface area contributed by atoms with Gasteiger partial charge in [-0.1, -0.05) is 19.3 Å². The summed E-state index contributed by atoms with van der Waals surface area (Å²) >= 11 is 0. The van der Waals surface area contributed by atoms with E-state index in [4.69, 9.17) is 10.5 Å². The molecule has 2 aliphatic rings. The van der Waals surface area contributed by atoms with Crippen LogP contribution in [0.1, 0.15) is 58.3 Å². The topological polar surface area (TPSA) is 62.3 Å². The van der Waals surface area contributed by atoms with Gasteiger partial charge in [0.1, 0.15) is 7.85 Å². The van der Waals surface area contributed by atoms with Gasteiger partial charge in [-0.2, -0.15) is 5.26 Å². The van der Waals surface area contributed by atoms with Crippen LogP contribution >= 0.6 is 0 Å². The van der Waals surface area contributed by atoms with Gasteiger partial charge in [0.15, 0.2) is 6.23 Å². The van der Waals surface area contributed by atoms with E-state index in [1.165, 1.54) is 37.7 Å². The van der Waals surface area contributed by atoms with Crippen molar-refractivity contribution >= 4 is 7.85 Å². The number of nitrogens with two attached hydrogens (primary N) is 1. The third-order valence-corrected chi connectivity index (χ3v) is 5.40. The summed E-state index contributed by atoms with van der Waals surface area (Å²) in [6.45, 7) is 2.94. The van der Waals surface area contributed by atoms with Crippen LogP contribution in [0.5, 0.6) is 0 Å². The van der Waals surface area contributed by atoms with Crippen molar-refractivity contribution < 1.29 is 4.74 Å². The molecule has 4 nitrogen and oxygen atoms in total. The Kier molecular flexibility index (Phi) is 6.95. The number of allylic oxidation sites excluding steroid dienone is 2. The molecule has 1 fully saturated rings. The average Bonchev–Trinajstić information content (AvgIpc) is 2.47. The molecule has 1 aliphatic carbocycles. The van der Waals surface area contributed by atoms with Gasteiger partial charge in [-0.25, -0.2) is 0 Å². The maximum absolute atomic E-state index is 9.58. The number of ether oxygens (including phenoxy) is 1. The molecule has 0 amide bonds. The first-order chi connectivity index (χ1) is 11.5. The molecule has 0 saturated heterocycles. The van der Waals surface area contributed by atoms with Crippen molar-refractivity contribution in [3.05, 3.63) is 23.4 Å². The SMILES string of the molecule is BC(C)(OC1C(C#N)=CC(CCCCCCN)=CN1C)C1CCC1. The molecular weight excluding hydrogens is 297 g/mol. The maximum atomic E-state index is 9.58. The molecular formula is C19H32BN3O. The quantitative estimate of drug-likeness (QED) is 0.522. The van der Waals surface area contributed by atoms with Crippen molar-refractivity contribution in [1.82, 2.24) is 4.90 Å². The van der Waals surface area contributed by atoms with Crippen molar-refractivity contribution in [3.8, 4) is 6.07 Å². The van der Waals surface area contributed by atoms with Gasteiger partial charge in [0.25, 0.3) is 0 Å². The van der Waals surface area contributed by atoms with E-state index in [2.05, 4.69) is 31.9 Å². The molecule has 0 bridgehead atoms. The Balaban J connectivity index is 1.93. The van der Waals surface area contributed by atoms with E-state index in [1.54, 1.807) is 0 Å². The molecule has 0 aromatic rings. The molecule has 1 saturated carbocycles. The summed E-state index contributed by atoms with van der Waals surface area (Å²) in [5.74, 6) is 0.610. The maximum Gasteiger partial charge on any atom is 0.165 e. The van der Waals surface area contributed by atoms with Gasteiger partial charge in [0.2, 0.25) is 0 Å². The van der Waals surface area contributed by atoms with Gasteiger partial charge >= 0.3 is 0 Å². The molecule has 2 atom stereocenters. The molecule has 2 N–H and O–H groups in total. The highest BCUT2D eigenvalue weighted by molar-refractivity contribution is 6.14. The summed E-state index contributed by atoms with van der Waals surface area (Å²) in [5.41, 5.74) is 7.30. The second-order valence-electron chi connectivity index (χ2n) is 7.74. The minimum absolute atomic E-state index is 0.180. The molecule has 132 valence electrons. The molecule has 5 heteroatoms. The second kappa shape index (κ2) is 8.73. The normalized spacial score (nSPS) is 23.8. The third-order valence-electron chi connectivity index (χ3n) is 5.40. The van der Waals surface area contributed by atoms with Gasteiger partial charge in [-0.15, -0.1) is 0 Å². The van der Waals surface area contributed by atoms with Crippen molar-refractivity contribution in [2.45, 2.75) is 70.0 Å². The zero-order valence-corrected chi connectivity index (χ0v) is 15.6. The van der Waals surface area contributed by atoms with Gasteiger partial charge in [0.05, 0.1) is 11.6 Å². The predicted molar refractivity (Wildman–Crippen MR) is 101 cm³/mol. The lowest BCUT2D eigenvalue weighted by Gasteiger charge is -2.44. The largest absolute Gasteiger partial charge is 0.356 e. The fourth-order valence-corrected chi connectivity index (χ4v) is 3.54. The van der Waals surface area contributed by atoms with Crippen LogP contribution < -0.4 is 5.73 Å². The molecule has 0 radical (unpaired) electrons. The molecule has 2 unspecified atom stereocenters. The minimum atomic E-state index is -0.258. The number of hydrogen-bond donors (Lipinski definition) is 1. The Hall–Kier alpha value is -1.25. The van der Waals surface area contributed by atoms with E-state index < -0.39 is 0 Å².